The molecule has 2 aromatic rings. The lowest BCUT2D eigenvalue weighted by molar-refractivity contribution is -0.123. The van der Waals surface area contributed by atoms with Crippen LogP contribution >= 0.6 is 0 Å². The SMILES string of the molecule is CC(C)C(=O)NCCNC(c1ccccc1)c1ccco1. The van der Waals surface area contributed by atoms with Crippen LogP contribution in [0.5, 0.6) is 0 Å². The van der Waals surface area contributed by atoms with Gasteiger partial charge >= 0.3 is 0 Å². The maximum absolute atomic E-state index is 11.5. The van der Waals surface area contributed by atoms with Crippen molar-refractivity contribution in [1.82, 2.24) is 10.6 Å². The van der Waals surface area contributed by atoms with Gasteiger partial charge in [-0.15, -0.1) is 0 Å². The largest absolute Gasteiger partial charge is 0.467 e. The monoisotopic (exact) mass is 286 g/mol. The van der Waals surface area contributed by atoms with Crippen molar-refractivity contribution < 1.29 is 9.21 Å². The lowest BCUT2D eigenvalue weighted by Gasteiger charge is -2.17. The zero-order valence-corrected chi connectivity index (χ0v) is 12.5. The van der Waals surface area contributed by atoms with E-state index in [0.717, 1.165) is 11.3 Å². The summed E-state index contributed by atoms with van der Waals surface area (Å²) < 4.78 is 5.52. The lowest BCUT2D eigenvalue weighted by atomic mass is 10.0. The van der Waals surface area contributed by atoms with E-state index in [9.17, 15) is 4.79 Å². The highest BCUT2D eigenvalue weighted by Gasteiger charge is 2.15. The van der Waals surface area contributed by atoms with Crippen molar-refractivity contribution in [3.63, 3.8) is 0 Å². The molecule has 112 valence electrons. The molecule has 1 aromatic heterocycles. The van der Waals surface area contributed by atoms with E-state index in [1.165, 1.54) is 0 Å². The van der Waals surface area contributed by atoms with Gasteiger partial charge < -0.3 is 15.1 Å². The van der Waals surface area contributed by atoms with E-state index >= 15 is 0 Å². The average Bonchev–Trinajstić information content (AvgIpc) is 3.01. The summed E-state index contributed by atoms with van der Waals surface area (Å²) in [6.07, 6.45) is 1.67. The summed E-state index contributed by atoms with van der Waals surface area (Å²) in [5.41, 5.74) is 1.14. The molecule has 0 aliphatic heterocycles. The zero-order valence-electron chi connectivity index (χ0n) is 12.5. The summed E-state index contributed by atoms with van der Waals surface area (Å²) in [6.45, 7) is 5.05. The van der Waals surface area contributed by atoms with Gasteiger partial charge in [0.05, 0.1) is 12.3 Å². The van der Waals surface area contributed by atoms with E-state index in [1.54, 1.807) is 6.26 Å². The van der Waals surface area contributed by atoms with Crippen molar-refractivity contribution >= 4 is 5.91 Å². The molecular weight excluding hydrogens is 264 g/mol. The fourth-order valence-corrected chi connectivity index (χ4v) is 2.09. The minimum absolute atomic E-state index is 0.00264. The van der Waals surface area contributed by atoms with Crippen LogP contribution in [0.3, 0.4) is 0 Å². The fourth-order valence-electron chi connectivity index (χ4n) is 2.09. The Bertz CT molecular complexity index is 535. The summed E-state index contributed by atoms with van der Waals surface area (Å²) in [6, 6.07) is 14.0. The van der Waals surface area contributed by atoms with Crippen LogP contribution in [0.4, 0.5) is 0 Å². The van der Waals surface area contributed by atoms with Gasteiger partial charge in [0.2, 0.25) is 5.91 Å². The van der Waals surface area contributed by atoms with E-state index in [1.807, 2.05) is 44.2 Å². The van der Waals surface area contributed by atoms with Crippen LogP contribution in [0.15, 0.2) is 53.1 Å². The Morgan fingerprint density at radius 1 is 1.10 bits per heavy atom. The number of carbonyl (C=O) groups excluding carboxylic acids is 1. The Labute approximate surface area is 125 Å². The molecule has 0 radical (unpaired) electrons. The second-order valence-corrected chi connectivity index (χ2v) is 5.26. The van der Waals surface area contributed by atoms with Crippen molar-refractivity contribution in [2.24, 2.45) is 5.92 Å². The molecule has 1 unspecified atom stereocenters. The Hall–Kier alpha value is -2.07. The van der Waals surface area contributed by atoms with Gasteiger partial charge in [-0.1, -0.05) is 44.2 Å². The summed E-state index contributed by atoms with van der Waals surface area (Å²) in [4.78, 5) is 11.5. The highest BCUT2D eigenvalue weighted by atomic mass is 16.3. The molecule has 1 heterocycles. The average molecular weight is 286 g/mol. The molecule has 0 spiro atoms. The van der Waals surface area contributed by atoms with Crippen LogP contribution in [0.1, 0.15) is 31.2 Å². The zero-order chi connectivity index (χ0) is 15.1. The third kappa shape index (κ3) is 4.46. The maximum Gasteiger partial charge on any atom is 0.222 e. The smallest absolute Gasteiger partial charge is 0.222 e. The van der Waals surface area contributed by atoms with Crippen LogP contribution in [0, 0.1) is 5.92 Å². The Morgan fingerprint density at radius 2 is 1.86 bits per heavy atom. The number of furan rings is 1. The molecule has 1 aromatic carbocycles. The van der Waals surface area contributed by atoms with Crippen LogP contribution < -0.4 is 10.6 Å². The third-order valence-corrected chi connectivity index (χ3v) is 3.26. The standard InChI is InChI=1S/C17H22N2O2/c1-13(2)17(20)19-11-10-18-16(15-9-6-12-21-15)14-7-4-3-5-8-14/h3-9,12-13,16,18H,10-11H2,1-2H3,(H,19,20). The first-order valence-corrected chi connectivity index (χ1v) is 7.28. The Morgan fingerprint density at radius 3 is 2.48 bits per heavy atom. The normalized spacial score (nSPS) is 12.3. The minimum Gasteiger partial charge on any atom is -0.467 e. The Kier molecular flexibility index (Phi) is 5.58. The molecular formula is C17H22N2O2. The first kappa shape index (κ1) is 15.3. The van der Waals surface area contributed by atoms with Gasteiger partial charge in [0, 0.05) is 19.0 Å². The van der Waals surface area contributed by atoms with Crippen molar-refractivity contribution in [3.8, 4) is 0 Å². The molecule has 0 aliphatic rings. The van der Waals surface area contributed by atoms with E-state index in [0.29, 0.717) is 13.1 Å². The van der Waals surface area contributed by atoms with Crippen LogP contribution in [-0.2, 0) is 4.79 Å². The topological polar surface area (TPSA) is 54.3 Å². The molecule has 0 bridgehead atoms. The molecule has 2 rings (SSSR count). The summed E-state index contributed by atoms with van der Waals surface area (Å²) in [7, 11) is 0. The van der Waals surface area contributed by atoms with Crippen molar-refractivity contribution in [2.75, 3.05) is 13.1 Å². The minimum atomic E-state index is -0.00264. The quantitative estimate of drug-likeness (QED) is 0.770. The summed E-state index contributed by atoms with van der Waals surface area (Å²) in [5, 5.41) is 6.33. The van der Waals surface area contributed by atoms with Gasteiger partial charge in [0.25, 0.3) is 0 Å². The molecule has 1 atom stereocenters. The van der Waals surface area contributed by atoms with Gasteiger partial charge in [-0.05, 0) is 17.7 Å². The predicted octanol–water partition coefficient (Wildman–Crippen LogP) is 2.73. The number of amides is 1. The highest BCUT2D eigenvalue weighted by Crippen LogP contribution is 2.21. The Balaban J connectivity index is 1.94. The highest BCUT2D eigenvalue weighted by molar-refractivity contribution is 5.77. The summed E-state index contributed by atoms with van der Waals surface area (Å²) >= 11 is 0. The van der Waals surface area contributed by atoms with Crippen molar-refractivity contribution in [3.05, 3.63) is 60.1 Å². The van der Waals surface area contributed by atoms with Gasteiger partial charge in [-0.3, -0.25) is 4.79 Å². The van der Waals surface area contributed by atoms with Crippen LogP contribution in [0.2, 0.25) is 0 Å². The second-order valence-electron chi connectivity index (χ2n) is 5.26. The van der Waals surface area contributed by atoms with E-state index in [4.69, 9.17) is 4.42 Å². The molecule has 1 amide bonds. The van der Waals surface area contributed by atoms with E-state index in [2.05, 4.69) is 22.8 Å². The summed E-state index contributed by atoms with van der Waals surface area (Å²) in [5.74, 6) is 0.961. The van der Waals surface area contributed by atoms with E-state index < -0.39 is 0 Å². The van der Waals surface area contributed by atoms with Crippen molar-refractivity contribution in [2.45, 2.75) is 19.9 Å². The second kappa shape index (κ2) is 7.64. The molecule has 0 fully saturated rings. The maximum atomic E-state index is 11.5. The fraction of sp³-hybridized carbons (Fsp3) is 0.353. The molecule has 0 aliphatic carbocycles. The number of nitrogens with one attached hydrogen (secondary N) is 2. The van der Waals surface area contributed by atoms with Gasteiger partial charge in [-0.2, -0.15) is 0 Å². The van der Waals surface area contributed by atoms with Gasteiger partial charge in [0.15, 0.2) is 0 Å². The number of benzene rings is 1. The number of rotatable bonds is 7. The first-order chi connectivity index (χ1) is 10.2. The lowest BCUT2D eigenvalue weighted by Crippen LogP contribution is -2.35. The molecule has 0 saturated carbocycles. The number of carbonyl (C=O) groups is 1. The third-order valence-electron chi connectivity index (χ3n) is 3.26. The predicted molar refractivity (Wildman–Crippen MR) is 82.8 cm³/mol. The van der Waals surface area contributed by atoms with Gasteiger partial charge in [0.1, 0.15) is 5.76 Å². The van der Waals surface area contributed by atoms with Crippen LogP contribution in [0.25, 0.3) is 0 Å². The van der Waals surface area contributed by atoms with Crippen molar-refractivity contribution in [1.29, 1.82) is 0 Å². The van der Waals surface area contributed by atoms with Crippen LogP contribution in [-0.4, -0.2) is 19.0 Å². The molecule has 21 heavy (non-hydrogen) atoms. The number of hydrogen-bond donors (Lipinski definition) is 2. The molecule has 4 nitrogen and oxygen atoms in total. The number of hydrogen-bond acceptors (Lipinski definition) is 3. The first-order valence-electron chi connectivity index (χ1n) is 7.28. The molecule has 2 N–H and O–H groups in total. The molecule has 4 heteroatoms. The van der Waals surface area contributed by atoms with Gasteiger partial charge in [-0.25, -0.2) is 0 Å². The molecule has 0 saturated heterocycles. The van der Waals surface area contributed by atoms with E-state index in [-0.39, 0.29) is 17.9 Å².